The predicted octanol–water partition coefficient (Wildman–Crippen LogP) is -6.21. The fourth-order valence-corrected chi connectivity index (χ4v) is 9.13. The number of primary amides is 2. The molecule has 0 bridgehead atoms. The van der Waals surface area contributed by atoms with Crippen LogP contribution >= 0.6 is 12.6 Å². The molecule has 77 heavy (non-hydrogen) atoms. The highest BCUT2D eigenvalue weighted by molar-refractivity contribution is 7.85. The predicted molar refractivity (Wildman–Crippen MR) is 275 cm³/mol. The molecular weight excluding hydrogens is 1050 g/mol. The molecular formula is C46H64N14O15S2. The summed E-state index contributed by atoms with van der Waals surface area (Å²) >= 11 is 4.05. The number of nitrogens with two attached hydrogens (primary N) is 5. The third kappa shape index (κ3) is 19.3. The fraction of sp³-hybridized carbons (Fsp3) is 0.478. The molecule has 420 valence electrons. The lowest BCUT2D eigenvalue weighted by atomic mass is 10.0. The molecule has 2 aliphatic rings. The molecule has 0 spiro atoms. The molecule has 2 aromatic rings. The molecule has 2 aliphatic heterocycles. The smallest absolute Gasteiger partial charge is 0.267 e. The molecule has 31 heteroatoms. The van der Waals surface area contributed by atoms with Crippen LogP contribution in [-0.2, 0) is 75.7 Å². The SMILES string of the molecule is NC(=O)CNC(=O)[C@H](CCCN=C(N)N)NC(=O)[C@@H]1CCCN1C(=O)[C@H](CS(=O)(=O)O)NC(=O)[C@H](CC(N)=O)NC(=O)[C@@H]1CCC(=O)N1C(=O)[C@H](Cc1ccccc1)NC(=O)[C@H](Cc1ccc(O)cc1)NC(=O)[C@@H](N)CS. The van der Waals surface area contributed by atoms with E-state index >= 15 is 0 Å². The third-order valence-corrected chi connectivity index (χ3v) is 13.2. The number of hydrogen-bond donors (Lipinski definition) is 14. The van der Waals surface area contributed by atoms with Crippen molar-refractivity contribution in [2.45, 2.75) is 106 Å². The van der Waals surface area contributed by atoms with E-state index in [0.29, 0.717) is 16.0 Å². The molecule has 0 aromatic heterocycles. The van der Waals surface area contributed by atoms with Gasteiger partial charge in [0.2, 0.25) is 59.1 Å². The maximum Gasteiger partial charge on any atom is 0.267 e. The second-order valence-electron chi connectivity index (χ2n) is 18.1. The summed E-state index contributed by atoms with van der Waals surface area (Å²) in [6, 6.07) is 1.04. The molecule has 0 unspecified atom stereocenters. The molecule has 0 radical (unpaired) electrons. The van der Waals surface area contributed by atoms with Crippen LogP contribution in [0.3, 0.4) is 0 Å². The van der Waals surface area contributed by atoms with Gasteiger partial charge in [-0.2, -0.15) is 21.0 Å². The Morgan fingerprint density at radius 2 is 1.29 bits per heavy atom. The Bertz CT molecular complexity index is 2660. The zero-order valence-electron chi connectivity index (χ0n) is 41.5. The number of phenolic OH excluding ortho intramolecular Hbond substituents is 1. The molecule has 11 amide bonds. The Kier molecular flexibility index (Phi) is 23.1. The largest absolute Gasteiger partial charge is 0.508 e. The van der Waals surface area contributed by atoms with Crippen LogP contribution in [0, 0.1) is 0 Å². The van der Waals surface area contributed by atoms with E-state index in [9.17, 15) is 70.8 Å². The van der Waals surface area contributed by atoms with Crippen LogP contribution in [0.25, 0.3) is 0 Å². The van der Waals surface area contributed by atoms with Gasteiger partial charge in [-0.25, -0.2) is 0 Å². The molecule has 8 atom stereocenters. The van der Waals surface area contributed by atoms with Crippen molar-refractivity contribution >= 4 is 93.7 Å². The van der Waals surface area contributed by atoms with E-state index in [0.717, 1.165) is 4.90 Å². The standard InChI is InChI=1S/C46H64N14O15S2/c47-27(22-76)38(65)55-29(18-25-10-12-26(61)13-11-25)40(67)57-31(19-24-6-2-1-3-7-24)45(72)60-34(14-15-37(60)64)43(70)56-30(20-35(48)62)41(68)58-32(23-77(73,74)75)44(71)59-17-5-9-33(59)42(69)54-28(8-4-16-52-46(50)51)39(66)53-21-36(49)63/h1-3,6-7,10-13,27-34,61,76H,4-5,8-9,14-23,47H2,(H2,48,62)(H2,49,63)(H,53,66)(H,54,69)(H,55,65)(H,56,70)(H,57,67)(H,58,68)(H4,50,51,52)(H,73,74,75)/t27-,28-,29-,30-,31-,32-,33-,34-/m0/s1. The molecule has 2 heterocycles. The maximum absolute atomic E-state index is 14.6. The van der Waals surface area contributed by atoms with Crippen LogP contribution < -0.4 is 60.6 Å². The Morgan fingerprint density at radius 1 is 0.701 bits per heavy atom. The van der Waals surface area contributed by atoms with Crippen molar-refractivity contribution in [3.8, 4) is 5.75 Å². The average Bonchev–Trinajstić information content (AvgIpc) is 4.02. The number of nitrogens with one attached hydrogen (secondary N) is 6. The van der Waals surface area contributed by atoms with E-state index in [1.54, 1.807) is 30.3 Å². The molecule has 2 saturated heterocycles. The molecule has 0 aliphatic carbocycles. The van der Waals surface area contributed by atoms with Gasteiger partial charge in [-0.05, 0) is 55.4 Å². The van der Waals surface area contributed by atoms with Crippen molar-refractivity contribution in [2.75, 3.05) is 31.1 Å². The van der Waals surface area contributed by atoms with Gasteiger partial charge in [0.1, 0.15) is 53.8 Å². The van der Waals surface area contributed by atoms with Crippen LogP contribution in [0.4, 0.5) is 0 Å². The third-order valence-electron chi connectivity index (χ3n) is 12.1. The monoisotopic (exact) mass is 1120 g/mol. The first-order valence-electron chi connectivity index (χ1n) is 24.0. The number of nitrogens with zero attached hydrogens (tertiary/aromatic N) is 3. The minimum absolute atomic E-state index is 0.0338. The van der Waals surface area contributed by atoms with Crippen LogP contribution in [0.5, 0.6) is 5.75 Å². The van der Waals surface area contributed by atoms with Gasteiger partial charge in [0.05, 0.1) is 19.0 Å². The Hall–Kier alpha value is -7.90. The number of thiol groups is 1. The van der Waals surface area contributed by atoms with Gasteiger partial charge in [0, 0.05) is 38.1 Å². The molecule has 2 fully saturated rings. The molecule has 29 nitrogen and oxygen atoms in total. The molecule has 0 saturated carbocycles. The molecule has 4 rings (SSSR count). The first-order chi connectivity index (χ1) is 36.3. The van der Waals surface area contributed by atoms with Crippen LogP contribution in [0.1, 0.15) is 56.1 Å². The van der Waals surface area contributed by atoms with Crippen molar-refractivity contribution < 1.29 is 70.8 Å². The number of amides is 11. The fourth-order valence-electron chi connectivity index (χ4n) is 8.31. The van der Waals surface area contributed by atoms with Crippen molar-refractivity contribution in [3.63, 3.8) is 0 Å². The Balaban J connectivity index is 1.59. The van der Waals surface area contributed by atoms with Crippen LogP contribution in [0.2, 0.25) is 0 Å². The highest BCUT2D eigenvalue weighted by atomic mass is 32.2. The number of likely N-dealkylation sites (tertiary alicyclic amines) is 2. The van der Waals surface area contributed by atoms with Gasteiger partial charge in [0.25, 0.3) is 16.0 Å². The number of carbonyl (C=O) groups is 11. The number of imide groups is 1. The zero-order valence-corrected chi connectivity index (χ0v) is 43.2. The molecule has 18 N–H and O–H groups in total. The van der Waals surface area contributed by atoms with Crippen molar-refractivity contribution in [3.05, 3.63) is 65.7 Å². The normalized spacial score (nSPS) is 17.5. The summed E-state index contributed by atoms with van der Waals surface area (Å²) in [5.74, 6) is -13.3. The van der Waals surface area contributed by atoms with Gasteiger partial charge >= 0.3 is 0 Å². The van der Waals surface area contributed by atoms with Crippen molar-refractivity contribution in [1.29, 1.82) is 0 Å². The lowest BCUT2D eigenvalue weighted by Gasteiger charge is -2.31. The summed E-state index contributed by atoms with van der Waals surface area (Å²) in [7, 11) is -5.14. The summed E-state index contributed by atoms with van der Waals surface area (Å²) in [6.45, 7) is -0.762. The summed E-state index contributed by atoms with van der Waals surface area (Å²) in [5, 5.41) is 24.0. The van der Waals surface area contributed by atoms with E-state index in [-0.39, 0.29) is 75.5 Å². The highest BCUT2D eigenvalue weighted by Gasteiger charge is 2.45. The quantitative estimate of drug-likeness (QED) is 0.0124. The number of benzene rings is 2. The van der Waals surface area contributed by atoms with E-state index in [4.69, 9.17) is 28.7 Å². The van der Waals surface area contributed by atoms with E-state index in [2.05, 4.69) is 49.5 Å². The number of phenols is 1. The second-order valence-corrected chi connectivity index (χ2v) is 19.9. The number of rotatable bonds is 28. The van der Waals surface area contributed by atoms with Gasteiger partial charge in [-0.1, -0.05) is 42.5 Å². The second kappa shape index (κ2) is 28.8. The van der Waals surface area contributed by atoms with Crippen LogP contribution in [-0.4, -0.2) is 178 Å². The topological polar surface area (TPSA) is 483 Å². The average molecular weight is 1120 g/mol. The minimum Gasteiger partial charge on any atom is -0.508 e. The van der Waals surface area contributed by atoms with E-state index in [1.165, 1.54) is 24.3 Å². The maximum atomic E-state index is 14.6. The zero-order chi connectivity index (χ0) is 57.1. The highest BCUT2D eigenvalue weighted by Crippen LogP contribution is 2.23. The van der Waals surface area contributed by atoms with Gasteiger partial charge in [-0.3, -0.25) is 67.2 Å². The van der Waals surface area contributed by atoms with Crippen molar-refractivity contribution in [2.24, 2.45) is 33.7 Å². The number of hydrogen-bond acceptors (Lipinski definition) is 17. The number of guanidine groups is 1. The number of carbonyl (C=O) groups excluding carboxylic acids is 11. The van der Waals surface area contributed by atoms with Crippen LogP contribution in [0.15, 0.2) is 59.6 Å². The lowest BCUT2D eigenvalue weighted by molar-refractivity contribution is -0.150. The summed E-state index contributed by atoms with van der Waals surface area (Å²) in [6.07, 6.45) is -2.02. The Morgan fingerprint density at radius 3 is 1.90 bits per heavy atom. The number of aromatic hydroxyl groups is 1. The summed E-state index contributed by atoms with van der Waals surface area (Å²) in [4.78, 5) is 153. The van der Waals surface area contributed by atoms with E-state index in [1.807, 2.05) is 0 Å². The van der Waals surface area contributed by atoms with Gasteiger partial charge in [0.15, 0.2) is 5.96 Å². The van der Waals surface area contributed by atoms with Crippen molar-refractivity contribution in [1.82, 2.24) is 41.7 Å². The van der Waals surface area contributed by atoms with Gasteiger partial charge < -0.3 is 70.6 Å². The first-order valence-corrected chi connectivity index (χ1v) is 26.2. The first kappa shape index (κ1) is 61.6. The lowest BCUT2D eigenvalue weighted by Crippen LogP contribution is -2.61. The summed E-state index contributed by atoms with van der Waals surface area (Å²) in [5.41, 5.74) is 28.1. The van der Waals surface area contributed by atoms with Gasteiger partial charge in [-0.15, -0.1) is 0 Å². The van der Waals surface area contributed by atoms with E-state index < -0.39 is 149 Å². The Labute approximate surface area is 447 Å². The number of aliphatic imine (C=N–C) groups is 1. The minimum atomic E-state index is -5.14. The summed E-state index contributed by atoms with van der Waals surface area (Å²) < 4.78 is 34.6. The molecule has 2 aromatic carbocycles.